The lowest BCUT2D eigenvalue weighted by Crippen LogP contribution is -2.25. The maximum atomic E-state index is 14.7. The molecule has 3 aromatic rings. The number of benzene rings is 1. The molecule has 1 aromatic carbocycles. The highest BCUT2D eigenvalue weighted by molar-refractivity contribution is 6.02. The van der Waals surface area contributed by atoms with E-state index in [1.165, 1.54) is 6.07 Å². The topological polar surface area (TPSA) is 148 Å². The summed E-state index contributed by atoms with van der Waals surface area (Å²) < 4.78 is 20.0. The molecule has 148 valence electrons. The normalized spacial score (nSPS) is 12.9. The quantitative estimate of drug-likeness (QED) is 0.147. The van der Waals surface area contributed by atoms with E-state index in [0.717, 1.165) is 5.69 Å². The molecule has 2 heterocycles. The molecule has 9 nitrogen and oxygen atoms in total. The number of ether oxygens (including phenoxy) is 1. The van der Waals surface area contributed by atoms with Gasteiger partial charge < -0.3 is 15.5 Å². The van der Waals surface area contributed by atoms with E-state index >= 15 is 0 Å². The minimum atomic E-state index is -0.633. The van der Waals surface area contributed by atoms with Crippen LogP contribution in [0.15, 0.2) is 46.8 Å². The molecular weight excluding hydrogens is 377 g/mol. The third kappa shape index (κ3) is 4.10. The monoisotopic (exact) mass is 395 g/mol. The van der Waals surface area contributed by atoms with E-state index in [4.69, 9.17) is 10.5 Å². The fraction of sp³-hybridized carbons (Fsp3) is 0.105. The van der Waals surface area contributed by atoms with Crippen molar-refractivity contribution < 1.29 is 14.3 Å². The summed E-state index contributed by atoms with van der Waals surface area (Å²) in [6.07, 6.45) is 3.56. The Bertz CT molecular complexity index is 1180. The smallest absolute Gasteiger partial charge is 0.212 e. The standard InChI is InChI=1S/C19H18FN7O2/c1-3-4-11-8-16(26-25-11)24-19(27-28)13(9-21)18(22)29-15-6-5-14-12(17(15)20)7-10(2)23-14/h3-8,23,28H,22H2,1-2H3,(H2,24,25,26,27)/b4-3+,18-13+. The number of fused-ring (bicyclic) bond motifs is 1. The number of hydroxylamine groups is 1. The van der Waals surface area contributed by atoms with E-state index in [1.54, 1.807) is 48.8 Å². The number of nitrogens with zero attached hydrogens (tertiary/aromatic N) is 3. The van der Waals surface area contributed by atoms with Crippen molar-refractivity contribution in [3.63, 3.8) is 0 Å². The largest absolute Gasteiger partial charge is 0.437 e. The van der Waals surface area contributed by atoms with E-state index in [0.29, 0.717) is 16.6 Å². The molecule has 0 aliphatic heterocycles. The van der Waals surface area contributed by atoms with E-state index < -0.39 is 11.7 Å². The van der Waals surface area contributed by atoms with Crippen LogP contribution >= 0.6 is 0 Å². The van der Waals surface area contributed by atoms with Crippen molar-refractivity contribution in [3.8, 4) is 11.8 Å². The van der Waals surface area contributed by atoms with Crippen LogP contribution in [0.1, 0.15) is 18.3 Å². The van der Waals surface area contributed by atoms with Crippen LogP contribution in [0.5, 0.6) is 5.75 Å². The average Bonchev–Trinajstić information content (AvgIpc) is 3.30. The molecule has 0 radical (unpaired) electrons. The molecular formula is C19H18FN7O2. The molecule has 0 saturated carbocycles. The highest BCUT2D eigenvalue weighted by Crippen LogP contribution is 2.28. The van der Waals surface area contributed by atoms with Gasteiger partial charge in [0.1, 0.15) is 6.07 Å². The molecule has 0 fully saturated rings. The third-order valence-electron chi connectivity index (χ3n) is 3.91. The molecule has 3 rings (SSSR count). The van der Waals surface area contributed by atoms with Crippen molar-refractivity contribution in [2.45, 2.75) is 13.8 Å². The minimum absolute atomic E-state index is 0.172. The Labute approximate surface area is 165 Å². The summed E-state index contributed by atoms with van der Waals surface area (Å²) in [6.45, 7) is 3.64. The molecule has 0 aliphatic carbocycles. The van der Waals surface area contributed by atoms with Crippen LogP contribution in [0.2, 0.25) is 0 Å². The van der Waals surface area contributed by atoms with Gasteiger partial charge in [0.2, 0.25) is 5.88 Å². The number of hydrogen-bond donors (Lipinski definition) is 5. The number of nitriles is 1. The second-order valence-corrected chi connectivity index (χ2v) is 6.00. The number of aliphatic imine (C=N–C) groups is 1. The summed E-state index contributed by atoms with van der Waals surface area (Å²) in [4.78, 5) is 7.04. The van der Waals surface area contributed by atoms with E-state index in [9.17, 15) is 14.9 Å². The lowest BCUT2D eigenvalue weighted by molar-refractivity contribution is 0.234. The number of rotatable bonds is 5. The predicted molar refractivity (Wildman–Crippen MR) is 106 cm³/mol. The average molecular weight is 395 g/mol. The highest BCUT2D eigenvalue weighted by Gasteiger charge is 2.17. The lowest BCUT2D eigenvalue weighted by atomic mass is 10.2. The summed E-state index contributed by atoms with van der Waals surface area (Å²) in [5.41, 5.74) is 9.38. The zero-order chi connectivity index (χ0) is 21.0. The number of aromatic nitrogens is 3. The van der Waals surface area contributed by atoms with Crippen LogP contribution in [0.25, 0.3) is 17.0 Å². The number of nitrogens with one attached hydrogen (secondary N) is 3. The van der Waals surface area contributed by atoms with Crippen molar-refractivity contribution in [2.75, 3.05) is 0 Å². The second kappa shape index (κ2) is 8.28. The SMILES string of the molecule is C/C=C/c1cc(N=C(NO)/C(C#N)=C(\N)Oc2ccc3[nH]c(C)cc3c2F)n[nH]1. The van der Waals surface area contributed by atoms with Crippen molar-refractivity contribution in [1.82, 2.24) is 20.7 Å². The number of amidine groups is 1. The van der Waals surface area contributed by atoms with Gasteiger partial charge in [-0.05, 0) is 38.1 Å². The number of aryl methyl sites for hydroxylation is 1. The maximum absolute atomic E-state index is 14.7. The first-order chi connectivity index (χ1) is 14.0. The third-order valence-corrected chi connectivity index (χ3v) is 3.91. The zero-order valence-corrected chi connectivity index (χ0v) is 15.6. The summed E-state index contributed by atoms with van der Waals surface area (Å²) in [6, 6.07) is 8.02. The van der Waals surface area contributed by atoms with Crippen molar-refractivity contribution in [2.24, 2.45) is 10.7 Å². The van der Waals surface area contributed by atoms with E-state index in [2.05, 4.69) is 20.2 Å². The Morgan fingerprint density at radius 2 is 2.24 bits per heavy atom. The van der Waals surface area contributed by atoms with Gasteiger partial charge in [-0.1, -0.05) is 6.08 Å². The lowest BCUT2D eigenvalue weighted by Gasteiger charge is -2.10. The van der Waals surface area contributed by atoms with Gasteiger partial charge in [-0.2, -0.15) is 10.4 Å². The first-order valence-electron chi connectivity index (χ1n) is 8.49. The highest BCUT2D eigenvalue weighted by atomic mass is 19.1. The van der Waals surface area contributed by atoms with Gasteiger partial charge in [-0.15, -0.1) is 0 Å². The summed E-state index contributed by atoms with van der Waals surface area (Å²) in [5.74, 6) is -1.37. The van der Waals surface area contributed by atoms with Gasteiger partial charge in [-0.3, -0.25) is 15.8 Å². The van der Waals surface area contributed by atoms with E-state index in [1.807, 2.05) is 6.92 Å². The van der Waals surface area contributed by atoms with Crippen LogP contribution in [0, 0.1) is 24.1 Å². The van der Waals surface area contributed by atoms with Gasteiger partial charge in [0.15, 0.2) is 28.8 Å². The zero-order valence-electron chi connectivity index (χ0n) is 15.6. The van der Waals surface area contributed by atoms with Crippen LogP contribution in [-0.2, 0) is 0 Å². The van der Waals surface area contributed by atoms with Crippen molar-refractivity contribution in [1.29, 1.82) is 5.26 Å². The van der Waals surface area contributed by atoms with Gasteiger partial charge in [0, 0.05) is 22.7 Å². The van der Waals surface area contributed by atoms with Crippen LogP contribution in [-0.4, -0.2) is 26.2 Å². The Morgan fingerprint density at radius 1 is 1.45 bits per heavy atom. The molecule has 6 N–H and O–H groups in total. The molecule has 0 spiro atoms. The molecule has 0 saturated heterocycles. The number of hydrogen-bond acceptors (Lipinski definition) is 6. The molecule has 0 aliphatic rings. The molecule has 0 atom stereocenters. The van der Waals surface area contributed by atoms with Gasteiger partial charge >= 0.3 is 0 Å². The minimum Gasteiger partial charge on any atom is -0.437 e. The Morgan fingerprint density at radius 3 is 2.93 bits per heavy atom. The van der Waals surface area contributed by atoms with Gasteiger partial charge in [0.25, 0.3) is 0 Å². The van der Waals surface area contributed by atoms with E-state index in [-0.39, 0.29) is 23.0 Å². The summed E-state index contributed by atoms with van der Waals surface area (Å²) in [5, 5.41) is 25.8. The Hall–Kier alpha value is -4.10. The summed E-state index contributed by atoms with van der Waals surface area (Å²) in [7, 11) is 0. The van der Waals surface area contributed by atoms with Crippen molar-refractivity contribution in [3.05, 3.63) is 59.0 Å². The predicted octanol–water partition coefficient (Wildman–Crippen LogP) is 3.15. The fourth-order valence-corrected chi connectivity index (χ4v) is 2.66. The number of nitrogens with two attached hydrogens (primary N) is 1. The second-order valence-electron chi connectivity index (χ2n) is 6.00. The van der Waals surface area contributed by atoms with Gasteiger partial charge in [0.05, 0.1) is 5.69 Å². The molecule has 29 heavy (non-hydrogen) atoms. The Kier molecular flexibility index (Phi) is 5.61. The first kappa shape index (κ1) is 19.7. The number of aromatic amines is 2. The molecule has 10 heteroatoms. The maximum Gasteiger partial charge on any atom is 0.212 e. The summed E-state index contributed by atoms with van der Waals surface area (Å²) >= 11 is 0. The van der Waals surface area contributed by atoms with Crippen LogP contribution in [0.4, 0.5) is 10.2 Å². The fourth-order valence-electron chi connectivity index (χ4n) is 2.66. The molecule has 2 aromatic heterocycles. The molecule has 0 bridgehead atoms. The molecule has 0 amide bonds. The number of halogens is 1. The molecule has 0 unspecified atom stereocenters. The number of allylic oxidation sites excluding steroid dienone is 1. The van der Waals surface area contributed by atoms with Gasteiger partial charge in [-0.25, -0.2) is 9.38 Å². The van der Waals surface area contributed by atoms with Crippen molar-refractivity contribution >= 4 is 28.6 Å². The van der Waals surface area contributed by atoms with Crippen LogP contribution < -0.4 is 16.0 Å². The number of H-pyrrole nitrogens is 2. The first-order valence-corrected chi connectivity index (χ1v) is 8.49. The van der Waals surface area contributed by atoms with Crippen LogP contribution in [0.3, 0.4) is 0 Å². The Balaban J connectivity index is 1.96.